The summed E-state index contributed by atoms with van der Waals surface area (Å²) in [4.78, 5) is 16.2. The fourth-order valence-corrected chi connectivity index (χ4v) is 4.15. The molecule has 3 aromatic heterocycles. The van der Waals surface area contributed by atoms with Crippen LogP contribution in [-0.4, -0.2) is 9.49 Å². The van der Waals surface area contributed by atoms with E-state index in [0.717, 1.165) is 22.4 Å². The number of para-hydroxylation sites is 3. The molecule has 0 radical (unpaired) electrons. The van der Waals surface area contributed by atoms with Crippen molar-refractivity contribution in [3.8, 4) is 11.5 Å². The van der Waals surface area contributed by atoms with Crippen molar-refractivity contribution in [1.82, 2.24) is 4.57 Å². The summed E-state index contributed by atoms with van der Waals surface area (Å²) in [5.74, 6) is 1.44. The molecule has 0 bridgehead atoms. The van der Waals surface area contributed by atoms with Gasteiger partial charge in [0.15, 0.2) is 10.6 Å². The second kappa shape index (κ2) is 7.49. The van der Waals surface area contributed by atoms with Crippen LogP contribution >= 0.6 is 11.3 Å². The maximum atomic E-state index is 11.4. The molecule has 2 aromatic carbocycles. The molecule has 0 saturated heterocycles. The molecule has 0 spiro atoms. The molecule has 0 atom stereocenters. The molecule has 5 rings (SSSR count). The third kappa shape index (κ3) is 3.33. The first-order chi connectivity index (χ1) is 14.7. The van der Waals surface area contributed by atoms with Crippen molar-refractivity contribution >= 4 is 33.7 Å². The molecule has 0 N–H and O–H groups in total. The highest BCUT2D eigenvalue weighted by atomic mass is 32.1. The van der Waals surface area contributed by atoms with Gasteiger partial charge < -0.3 is 13.4 Å². The number of nitro groups is 1. The SMILES string of the molecule is O=[N+]([O-])c1ccccc1N=c1scc(-c2cc3ccccc3o2)n1Cc1ccco1. The number of hydrogen-bond acceptors (Lipinski definition) is 6. The van der Waals surface area contributed by atoms with Gasteiger partial charge in [-0.05, 0) is 30.3 Å². The van der Waals surface area contributed by atoms with Crippen molar-refractivity contribution in [2.75, 3.05) is 0 Å². The third-order valence-electron chi connectivity index (χ3n) is 4.66. The van der Waals surface area contributed by atoms with Gasteiger partial charge in [0.2, 0.25) is 0 Å². The van der Waals surface area contributed by atoms with E-state index in [1.54, 1.807) is 24.5 Å². The summed E-state index contributed by atoms with van der Waals surface area (Å²) in [6, 6.07) is 19.9. The molecule has 8 heteroatoms. The van der Waals surface area contributed by atoms with Crippen molar-refractivity contribution in [3.63, 3.8) is 0 Å². The van der Waals surface area contributed by atoms with Crippen molar-refractivity contribution in [2.45, 2.75) is 6.54 Å². The predicted octanol–water partition coefficient (Wildman–Crippen LogP) is 5.74. The van der Waals surface area contributed by atoms with Gasteiger partial charge in [0.1, 0.15) is 17.0 Å². The molecule has 30 heavy (non-hydrogen) atoms. The molecule has 0 aliphatic rings. The van der Waals surface area contributed by atoms with Gasteiger partial charge in [0.05, 0.1) is 23.4 Å². The lowest BCUT2D eigenvalue weighted by Crippen LogP contribution is -2.16. The van der Waals surface area contributed by atoms with Gasteiger partial charge in [-0.2, -0.15) is 0 Å². The molecule has 3 heterocycles. The van der Waals surface area contributed by atoms with Crippen LogP contribution in [0.5, 0.6) is 0 Å². The van der Waals surface area contributed by atoms with E-state index in [-0.39, 0.29) is 5.69 Å². The van der Waals surface area contributed by atoms with Gasteiger partial charge in [-0.3, -0.25) is 10.1 Å². The number of thiazole rings is 1. The van der Waals surface area contributed by atoms with Gasteiger partial charge in [-0.25, -0.2) is 4.99 Å². The standard InChI is InChI=1S/C22H15N3O4S/c26-25(27)18-9-3-2-8-17(18)23-22-24(13-16-7-5-11-28-16)19(14-30-22)21-12-15-6-1-4-10-20(15)29-21/h1-12,14H,13H2. The Morgan fingerprint density at radius 2 is 1.90 bits per heavy atom. The molecule has 7 nitrogen and oxygen atoms in total. The van der Waals surface area contributed by atoms with E-state index in [9.17, 15) is 10.1 Å². The molecular formula is C22H15N3O4S. The Kier molecular flexibility index (Phi) is 4.53. The van der Waals surface area contributed by atoms with E-state index < -0.39 is 4.92 Å². The predicted molar refractivity (Wildman–Crippen MR) is 114 cm³/mol. The first-order valence-electron chi connectivity index (χ1n) is 9.17. The molecular weight excluding hydrogens is 402 g/mol. The van der Waals surface area contributed by atoms with Gasteiger partial charge >= 0.3 is 0 Å². The number of fused-ring (bicyclic) bond motifs is 1. The molecule has 0 fully saturated rings. The van der Waals surface area contributed by atoms with Gasteiger partial charge in [0.25, 0.3) is 5.69 Å². The van der Waals surface area contributed by atoms with Crippen LogP contribution in [0.3, 0.4) is 0 Å². The van der Waals surface area contributed by atoms with Crippen LogP contribution in [0.25, 0.3) is 22.4 Å². The maximum Gasteiger partial charge on any atom is 0.294 e. The van der Waals surface area contributed by atoms with E-state index in [1.165, 1.54) is 17.4 Å². The summed E-state index contributed by atoms with van der Waals surface area (Å²) in [6.07, 6.45) is 1.61. The second-order valence-electron chi connectivity index (χ2n) is 6.58. The summed E-state index contributed by atoms with van der Waals surface area (Å²) in [5.41, 5.74) is 1.87. The summed E-state index contributed by atoms with van der Waals surface area (Å²) in [5, 5.41) is 14.3. The third-order valence-corrected chi connectivity index (χ3v) is 5.53. The van der Waals surface area contributed by atoms with Crippen LogP contribution in [0, 0.1) is 10.1 Å². The Balaban J connectivity index is 1.69. The fraction of sp³-hybridized carbons (Fsp3) is 0.0455. The lowest BCUT2D eigenvalue weighted by molar-refractivity contribution is -0.384. The van der Waals surface area contributed by atoms with Gasteiger partial charge in [0, 0.05) is 16.8 Å². The first kappa shape index (κ1) is 18.1. The Hall–Kier alpha value is -3.91. The molecule has 0 amide bonds. The molecule has 0 aliphatic carbocycles. The van der Waals surface area contributed by atoms with Crippen LogP contribution in [0.1, 0.15) is 5.76 Å². The van der Waals surface area contributed by atoms with E-state index in [2.05, 4.69) is 4.99 Å². The largest absolute Gasteiger partial charge is 0.467 e. The van der Waals surface area contributed by atoms with Crippen LogP contribution in [0.2, 0.25) is 0 Å². The molecule has 0 saturated carbocycles. The van der Waals surface area contributed by atoms with Crippen LogP contribution in [0.15, 0.2) is 92.2 Å². The smallest absolute Gasteiger partial charge is 0.294 e. The van der Waals surface area contributed by atoms with Gasteiger partial charge in [-0.15, -0.1) is 11.3 Å². The number of aromatic nitrogens is 1. The topological polar surface area (TPSA) is 86.7 Å². The fourth-order valence-electron chi connectivity index (χ4n) is 3.25. The zero-order chi connectivity index (χ0) is 20.5. The van der Waals surface area contributed by atoms with Crippen LogP contribution < -0.4 is 4.80 Å². The van der Waals surface area contributed by atoms with Crippen molar-refractivity contribution < 1.29 is 13.8 Å². The monoisotopic (exact) mass is 417 g/mol. The van der Waals surface area contributed by atoms with Crippen molar-refractivity contribution in [1.29, 1.82) is 0 Å². The van der Waals surface area contributed by atoms with Gasteiger partial charge in [-0.1, -0.05) is 30.3 Å². The molecule has 5 aromatic rings. The average molecular weight is 417 g/mol. The Labute approximate surface area is 174 Å². The average Bonchev–Trinajstić information content (AvgIpc) is 3.49. The summed E-state index contributed by atoms with van der Waals surface area (Å²) in [6.45, 7) is 0.419. The lowest BCUT2D eigenvalue weighted by Gasteiger charge is -2.05. The summed E-state index contributed by atoms with van der Waals surface area (Å²) in [7, 11) is 0. The summed E-state index contributed by atoms with van der Waals surface area (Å²) >= 11 is 1.39. The molecule has 148 valence electrons. The highest BCUT2D eigenvalue weighted by Gasteiger charge is 2.16. The number of benzene rings is 2. The summed E-state index contributed by atoms with van der Waals surface area (Å²) < 4.78 is 13.5. The van der Waals surface area contributed by atoms with E-state index >= 15 is 0 Å². The Bertz CT molecular complexity index is 1380. The minimum Gasteiger partial charge on any atom is -0.467 e. The number of nitro benzene ring substituents is 1. The Morgan fingerprint density at radius 3 is 2.70 bits per heavy atom. The normalized spacial score (nSPS) is 11.9. The maximum absolute atomic E-state index is 11.4. The van der Waals surface area contributed by atoms with Crippen molar-refractivity contribution in [2.24, 2.45) is 4.99 Å². The molecule has 0 unspecified atom stereocenters. The lowest BCUT2D eigenvalue weighted by atomic mass is 10.2. The Morgan fingerprint density at radius 1 is 1.07 bits per heavy atom. The number of nitrogens with zero attached hydrogens (tertiary/aromatic N) is 3. The quantitative estimate of drug-likeness (QED) is 0.269. The zero-order valence-corrected chi connectivity index (χ0v) is 16.4. The van der Waals surface area contributed by atoms with E-state index in [0.29, 0.717) is 22.8 Å². The first-order valence-corrected chi connectivity index (χ1v) is 10.0. The second-order valence-corrected chi connectivity index (χ2v) is 7.41. The highest BCUT2D eigenvalue weighted by Crippen LogP contribution is 2.30. The van der Waals surface area contributed by atoms with Crippen LogP contribution in [-0.2, 0) is 6.54 Å². The number of hydrogen-bond donors (Lipinski definition) is 0. The van der Waals surface area contributed by atoms with Crippen molar-refractivity contribution in [3.05, 3.63) is 99.0 Å². The van der Waals surface area contributed by atoms with Crippen LogP contribution in [0.4, 0.5) is 11.4 Å². The number of furan rings is 2. The molecule has 0 aliphatic heterocycles. The van der Waals surface area contributed by atoms with E-state index in [4.69, 9.17) is 8.83 Å². The zero-order valence-electron chi connectivity index (χ0n) is 15.6. The van der Waals surface area contributed by atoms with E-state index in [1.807, 2.05) is 52.4 Å². The minimum atomic E-state index is -0.427. The minimum absolute atomic E-state index is 0.0410. The number of rotatable bonds is 5. The highest BCUT2D eigenvalue weighted by molar-refractivity contribution is 7.07.